The molecule has 0 amide bonds. The normalized spacial score (nSPS) is 17.6. The number of piperidine rings is 1. The van der Waals surface area contributed by atoms with Crippen LogP contribution >= 0.6 is 11.6 Å². The van der Waals surface area contributed by atoms with Gasteiger partial charge in [0.05, 0.1) is 22.3 Å². The molecule has 23 heavy (non-hydrogen) atoms. The van der Waals surface area contributed by atoms with Gasteiger partial charge in [-0.2, -0.15) is 5.26 Å². The highest BCUT2D eigenvalue weighted by Gasteiger charge is 2.22. The third-order valence-electron chi connectivity index (χ3n) is 3.99. The second-order valence-electron chi connectivity index (χ2n) is 5.75. The van der Waals surface area contributed by atoms with Gasteiger partial charge in [-0.05, 0) is 38.0 Å². The van der Waals surface area contributed by atoms with E-state index in [1.165, 1.54) is 0 Å². The molecule has 5 nitrogen and oxygen atoms in total. The van der Waals surface area contributed by atoms with E-state index in [0.29, 0.717) is 16.6 Å². The van der Waals surface area contributed by atoms with Crippen LogP contribution in [0.2, 0.25) is 5.02 Å². The fourth-order valence-electron chi connectivity index (χ4n) is 2.89. The summed E-state index contributed by atoms with van der Waals surface area (Å²) >= 11 is 6.34. The van der Waals surface area contributed by atoms with Gasteiger partial charge in [-0.3, -0.25) is 0 Å². The van der Waals surface area contributed by atoms with E-state index in [1.807, 2.05) is 25.1 Å². The molecular weight excluding hydrogens is 310 g/mol. The number of aromatic nitrogens is 2. The van der Waals surface area contributed by atoms with Gasteiger partial charge in [-0.1, -0.05) is 11.6 Å². The van der Waals surface area contributed by atoms with Crippen LogP contribution in [0.4, 0.5) is 11.5 Å². The topological polar surface area (TPSA) is 64.8 Å². The Kier molecular flexibility index (Phi) is 4.63. The van der Waals surface area contributed by atoms with Crippen molar-refractivity contribution in [3.63, 3.8) is 0 Å². The second kappa shape index (κ2) is 6.84. The molecule has 0 radical (unpaired) electrons. The van der Waals surface area contributed by atoms with Crippen LogP contribution in [-0.2, 0) is 0 Å². The predicted molar refractivity (Wildman–Crippen MR) is 91.8 cm³/mol. The Hall–Kier alpha value is -2.32. The molecule has 3 rings (SSSR count). The first kappa shape index (κ1) is 15.6. The standard InChI is InChI=1S/C17H18ClN5/c1-12-7-17(21-11-20-12)22-14-3-2-6-23(10-14)16-5-4-13(9-19)8-15(16)18/h4-5,7-8,11,14H,2-3,6,10H2,1H3,(H,20,21,22). The fraction of sp³-hybridized carbons (Fsp3) is 0.353. The summed E-state index contributed by atoms with van der Waals surface area (Å²) in [6, 6.07) is 9.84. The minimum atomic E-state index is 0.310. The lowest BCUT2D eigenvalue weighted by atomic mass is 10.0. The Morgan fingerprint density at radius 1 is 1.35 bits per heavy atom. The maximum Gasteiger partial charge on any atom is 0.129 e. The van der Waals surface area contributed by atoms with Gasteiger partial charge in [0.2, 0.25) is 0 Å². The number of halogens is 1. The van der Waals surface area contributed by atoms with Crippen LogP contribution in [0, 0.1) is 18.3 Å². The molecule has 1 aliphatic heterocycles. The number of nitriles is 1. The van der Waals surface area contributed by atoms with Crippen LogP contribution in [-0.4, -0.2) is 29.1 Å². The number of hydrogen-bond acceptors (Lipinski definition) is 5. The molecule has 2 heterocycles. The third-order valence-corrected chi connectivity index (χ3v) is 4.30. The molecule has 1 atom stereocenters. The maximum atomic E-state index is 8.95. The summed E-state index contributed by atoms with van der Waals surface area (Å²) in [5.41, 5.74) is 2.52. The van der Waals surface area contributed by atoms with E-state index in [2.05, 4.69) is 26.3 Å². The Bertz CT molecular complexity index is 740. The van der Waals surface area contributed by atoms with Gasteiger partial charge >= 0.3 is 0 Å². The molecule has 0 saturated carbocycles. The lowest BCUT2D eigenvalue weighted by Gasteiger charge is -2.35. The average Bonchev–Trinajstić information content (AvgIpc) is 2.55. The lowest BCUT2D eigenvalue weighted by molar-refractivity contribution is 0.529. The van der Waals surface area contributed by atoms with Gasteiger partial charge in [-0.25, -0.2) is 9.97 Å². The Morgan fingerprint density at radius 2 is 2.22 bits per heavy atom. The van der Waals surface area contributed by atoms with Crippen molar-refractivity contribution in [2.45, 2.75) is 25.8 Å². The number of hydrogen-bond donors (Lipinski definition) is 1. The summed E-state index contributed by atoms with van der Waals surface area (Å²) in [7, 11) is 0. The van der Waals surface area contributed by atoms with Crippen molar-refractivity contribution in [3.8, 4) is 6.07 Å². The quantitative estimate of drug-likeness (QED) is 0.936. The number of benzene rings is 1. The summed E-state index contributed by atoms with van der Waals surface area (Å²) in [6.07, 6.45) is 3.75. The summed E-state index contributed by atoms with van der Waals surface area (Å²) in [4.78, 5) is 10.6. The maximum absolute atomic E-state index is 8.95. The summed E-state index contributed by atoms with van der Waals surface area (Å²) in [6.45, 7) is 3.78. The zero-order valence-electron chi connectivity index (χ0n) is 13.0. The van der Waals surface area contributed by atoms with E-state index in [9.17, 15) is 0 Å². The Labute approximate surface area is 140 Å². The monoisotopic (exact) mass is 327 g/mol. The first-order valence-electron chi connectivity index (χ1n) is 7.65. The van der Waals surface area contributed by atoms with Crippen LogP contribution in [0.25, 0.3) is 0 Å². The molecule has 118 valence electrons. The highest BCUT2D eigenvalue weighted by Crippen LogP contribution is 2.29. The SMILES string of the molecule is Cc1cc(NC2CCCN(c3ccc(C#N)cc3Cl)C2)ncn1. The van der Waals surface area contributed by atoms with Gasteiger partial charge < -0.3 is 10.2 Å². The van der Waals surface area contributed by atoms with Gasteiger partial charge in [0.1, 0.15) is 12.1 Å². The minimum Gasteiger partial charge on any atom is -0.368 e. The van der Waals surface area contributed by atoms with Gasteiger partial charge in [-0.15, -0.1) is 0 Å². The van der Waals surface area contributed by atoms with Crippen molar-refractivity contribution in [3.05, 3.63) is 46.9 Å². The molecule has 1 N–H and O–H groups in total. The van der Waals surface area contributed by atoms with Crippen LogP contribution in [0.1, 0.15) is 24.1 Å². The Morgan fingerprint density at radius 3 is 2.96 bits per heavy atom. The molecule has 2 aromatic rings. The highest BCUT2D eigenvalue weighted by molar-refractivity contribution is 6.33. The first-order chi connectivity index (χ1) is 11.2. The summed E-state index contributed by atoms with van der Waals surface area (Å²) < 4.78 is 0. The van der Waals surface area contributed by atoms with Crippen molar-refractivity contribution in [1.29, 1.82) is 5.26 Å². The average molecular weight is 328 g/mol. The van der Waals surface area contributed by atoms with Gasteiger partial charge in [0.15, 0.2) is 0 Å². The smallest absolute Gasteiger partial charge is 0.129 e. The number of anilines is 2. The summed E-state index contributed by atoms with van der Waals surface area (Å²) in [5, 5.41) is 13.1. The molecule has 0 aliphatic carbocycles. The fourth-order valence-corrected chi connectivity index (χ4v) is 3.19. The van der Waals surface area contributed by atoms with Crippen molar-refractivity contribution < 1.29 is 0 Å². The van der Waals surface area contributed by atoms with Crippen LogP contribution in [0.3, 0.4) is 0 Å². The second-order valence-corrected chi connectivity index (χ2v) is 6.16. The van der Waals surface area contributed by atoms with Crippen molar-refractivity contribution in [2.24, 2.45) is 0 Å². The van der Waals surface area contributed by atoms with E-state index in [-0.39, 0.29) is 0 Å². The van der Waals surface area contributed by atoms with Crippen molar-refractivity contribution >= 4 is 23.1 Å². The molecule has 1 saturated heterocycles. The number of nitrogens with zero attached hydrogens (tertiary/aromatic N) is 4. The molecule has 1 aromatic heterocycles. The highest BCUT2D eigenvalue weighted by atomic mass is 35.5. The molecule has 1 aromatic carbocycles. The number of nitrogens with one attached hydrogen (secondary N) is 1. The zero-order chi connectivity index (χ0) is 16.2. The molecular formula is C17H18ClN5. The van der Waals surface area contributed by atoms with Crippen molar-refractivity contribution in [1.82, 2.24) is 9.97 Å². The minimum absolute atomic E-state index is 0.310. The number of aryl methyl sites for hydroxylation is 1. The molecule has 1 unspecified atom stereocenters. The van der Waals surface area contributed by atoms with Crippen LogP contribution < -0.4 is 10.2 Å². The van der Waals surface area contributed by atoms with Gasteiger partial charge in [0, 0.05) is 30.9 Å². The molecule has 0 bridgehead atoms. The van der Waals surface area contributed by atoms with Crippen molar-refractivity contribution in [2.75, 3.05) is 23.3 Å². The third kappa shape index (κ3) is 3.72. The molecule has 1 aliphatic rings. The predicted octanol–water partition coefficient (Wildman–Crippen LogP) is 3.39. The van der Waals surface area contributed by atoms with E-state index in [0.717, 1.165) is 43.1 Å². The van der Waals surface area contributed by atoms with E-state index < -0.39 is 0 Å². The first-order valence-corrected chi connectivity index (χ1v) is 8.03. The molecule has 1 fully saturated rings. The zero-order valence-corrected chi connectivity index (χ0v) is 13.7. The molecule has 0 spiro atoms. The van der Waals surface area contributed by atoms with E-state index >= 15 is 0 Å². The van der Waals surface area contributed by atoms with E-state index in [4.69, 9.17) is 16.9 Å². The van der Waals surface area contributed by atoms with Crippen LogP contribution in [0.5, 0.6) is 0 Å². The molecule has 6 heteroatoms. The summed E-state index contributed by atoms with van der Waals surface area (Å²) in [5.74, 6) is 0.857. The largest absolute Gasteiger partial charge is 0.368 e. The Balaban J connectivity index is 1.72. The van der Waals surface area contributed by atoms with Gasteiger partial charge in [0.25, 0.3) is 0 Å². The van der Waals surface area contributed by atoms with E-state index in [1.54, 1.807) is 12.4 Å². The lowest BCUT2D eigenvalue weighted by Crippen LogP contribution is -2.42. The van der Waals surface area contributed by atoms with Crippen LogP contribution in [0.15, 0.2) is 30.6 Å². The number of rotatable bonds is 3.